The fourth-order valence-corrected chi connectivity index (χ4v) is 4.10. The molecule has 116 valence electrons. The number of ether oxygens (including phenoxy) is 1. The molecule has 0 aliphatic carbocycles. The predicted octanol–water partition coefficient (Wildman–Crippen LogP) is 0.410. The minimum Gasteiger partial charge on any atom is -0.399 e. The lowest BCUT2D eigenvalue weighted by Gasteiger charge is -2.35. The monoisotopic (exact) mass is 311 g/mol. The number of morpholine rings is 1. The number of sulfonamides is 1. The van der Waals surface area contributed by atoms with E-state index in [0.29, 0.717) is 24.9 Å². The number of nitrogens with zero attached hydrogens (tertiary/aromatic N) is 1. The summed E-state index contributed by atoms with van der Waals surface area (Å²) in [5, 5.41) is 0. The van der Waals surface area contributed by atoms with Crippen LogP contribution in [-0.4, -0.2) is 51.7 Å². The molecule has 0 radical (unpaired) electrons. The number of nitrogens with one attached hydrogen (secondary N) is 1. The van der Waals surface area contributed by atoms with E-state index >= 15 is 0 Å². The van der Waals surface area contributed by atoms with E-state index < -0.39 is 10.0 Å². The van der Waals surface area contributed by atoms with Crippen molar-refractivity contribution in [2.24, 2.45) is 0 Å². The summed E-state index contributed by atoms with van der Waals surface area (Å²) in [5.74, 6) is 0. The second-order valence-corrected chi connectivity index (χ2v) is 7.44. The van der Waals surface area contributed by atoms with Crippen molar-refractivity contribution >= 4 is 15.7 Å². The molecule has 0 saturated carbocycles. The van der Waals surface area contributed by atoms with E-state index in [2.05, 4.69) is 9.62 Å². The zero-order chi connectivity index (χ0) is 14.9. The number of anilines is 1. The third kappa shape index (κ3) is 3.37. The molecule has 6 nitrogen and oxygen atoms in total. The molecular formula is C14H21N3O3S. The van der Waals surface area contributed by atoms with E-state index in [1.807, 2.05) is 0 Å². The average molecular weight is 311 g/mol. The van der Waals surface area contributed by atoms with Gasteiger partial charge in [0.25, 0.3) is 0 Å². The van der Waals surface area contributed by atoms with E-state index in [9.17, 15) is 8.42 Å². The van der Waals surface area contributed by atoms with Gasteiger partial charge in [-0.25, -0.2) is 13.1 Å². The van der Waals surface area contributed by atoms with Crippen molar-refractivity contribution in [1.82, 2.24) is 9.62 Å². The Kier molecular flexibility index (Phi) is 4.17. The number of fused-ring (bicyclic) bond motifs is 1. The van der Waals surface area contributed by atoms with Gasteiger partial charge < -0.3 is 10.5 Å². The summed E-state index contributed by atoms with van der Waals surface area (Å²) in [6, 6.07) is 6.82. The molecule has 2 aliphatic heterocycles. The van der Waals surface area contributed by atoms with Crippen LogP contribution in [0.2, 0.25) is 0 Å². The third-order valence-electron chi connectivity index (χ3n) is 4.13. The molecule has 0 bridgehead atoms. The SMILES string of the molecule is Nc1cccc(S(=O)(=O)NCC2CN3CCCC3CO2)c1. The highest BCUT2D eigenvalue weighted by molar-refractivity contribution is 7.89. The van der Waals surface area contributed by atoms with Crippen molar-refractivity contribution in [3.8, 4) is 0 Å². The maximum atomic E-state index is 12.2. The van der Waals surface area contributed by atoms with Crippen LogP contribution in [0.5, 0.6) is 0 Å². The van der Waals surface area contributed by atoms with Crippen molar-refractivity contribution < 1.29 is 13.2 Å². The van der Waals surface area contributed by atoms with E-state index in [1.54, 1.807) is 12.1 Å². The number of nitrogens with two attached hydrogens (primary N) is 1. The first-order valence-electron chi connectivity index (χ1n) is 7.25. The summed E-state index contributed by atoms with van der Waals surface area (Å²) in [5.41, 5.74) is 6.07. The summed E-state index contributed by atoms with van der Waals surface area (Å²) in [4.78, 5) is 2.58. The van der Waals surface area contributed by atoms with Crippen LogP contribution < -0.4 is 10.5 Å². The zero-order valence-electron chi connectivity index (χ0n) is 11.9. The highest BCUT2D eigenvalue weighted by Crippen LogP contribution is 2.22. The topological polar surface area (TPSA) is 84.7 Å². The fraction of sp³-hybridized carbons (Fsp3) is 0.571. The smallest absolute Gasteiger partial charge is 0.240 e. The fourth-order valence-electron chi connectivity index (χ4n) is 2.98. The van der Waals surface area contributed by atoms with Gasteiger partial charge in [-0.05, 0) is 37.6 Å². The van der Waals surface area contributed by atoms with Crippen molar-refractivity contribution in [3.63, 3.8) is 0 Å². The maximum absolute atomic E-state index is 12.2. The van der Waals surface area contributed by atoms with Gasteiger partial charge in [0.05, 0.1) is 17.6 Å². The Hall–Kier alpha value is -1.15. The largest absolute Gasteiger partial charge is 0.399 e. The van der Waals surface area contributed by atoms with E-state index in [1.165, 1.54) is 25.0 Å². The molecule has 2 heterocycles. The number of hydrogen-bond acceptors (Lipinski definition) is 5. The highest BCUT2D eigenvalue weighted by atomic mass is 32.2. The standard InChI is InChI=1S/C14H21N3O3S/c15-11-3-1-5-14(7-11)21(18,19)16-8-13-9-17-6-2-4-12(17)10-20-13/h1,3,5,7,12-13,16H,2,4,6,8-10,15H2. The van der Waals surface area contributed by atoms with Gasteiger partial charge in [-0.15, -0.1) is 0 Å². The molecule has 2 unspecified atom stereocenters. The van der Waals surface area contributed by atoms with Crippen LogP contribution in [0.1, 0.15) is 12.8 Å². The number of benzene rings is 1. The van der Waals surface area contributed by atoms with Crippen molar-refractivity contribution in [2.75, 3.05) is 32.0 Å². The van der Waals surface area contributed by atoms with Gasteiger partial charge >= 0.3 is 0 Å². The van der Waals surface area contributed by atoms with E-state index in [4.69, 9.17) is 10.5 Å². The number of nitrogen functional groups attached to an aromatic ring is 1. The predicted molar refractivity (Wildman–Crippen MR) is 80.4 cm³/mol. The Labute approximate surface area is 125 Å². The lowest BCUT2D eigenvalue weighted by Crippen LogP contribution is -2.50. The molecule has 2 aliphatic rings. The first-order chi connectivity index (χ1) is 10.0. The molecule has 2 saturated heterocycles. The number of rotatable bonds is 4. The second-order valence-electron chi connectivity index (χ2n) is 5.67. The van der Waals surface area contributed by atoms with Crippen molar-refractivity contribution in [3.05, 3.63) is 24.3 Å². The van der Waals surface area contributed by atoms with Crippen LogP contribution in [-0.2, 0) is 14.8 Å². The van der Waals surface area contributed by atoms with Crippen LogP contribution in [0.3, 0.4) is 0 Å². The zero-order valence-corrected chi connectivity index (χ0v) is 12.7. The Morgan fingerprint density at radius 3 is 3.10 bits per heavy atom. The van der Waals surface area contributed by atoms with Crippen LogP contribution in [0, 0.1) is 0 Å². The van der Waals surface area contributed by atoms with Crippen molar-refractivity contribution in [2.45, 2.75) is 29.9 Å². The van der Waals surface area contributed by atoms with Gasteiger partial charge in [0.2, 0.25) is 10.0 Å². The summed E-state index contributed by atoms with van der Waals surface area (Å²) < 4.78 is 32.8. The minimum atomic E-state index is -3.53. The highest BCUT2D eigenvalue weighted by Gasteiger charge is 2.32. The van der Waals surface area contributed by atoms with E-state index in [-0.39, 0.29) is 11.0 Å². The van der Waals surface area contributed by atoms with Gasteiger partial charge in [0, 0.05) is 24.8 Å². The quantitative estimate of drug-likeness (QED) is 0.787. The Balaban J connectivity index is 1.59. The first-order valence-corrected chi connectivity index (χ1v) is 8.74. The summed E-state index contributed by atoms with van der Waals surface area (Å²) >= 11 is 0. The third-order valence-corrected chi connectivity index (χ3v) is 5.55. The molecule has 21 heavy (non-hydrogen) atoms. The lowest BCUT2D eigenvalue weighted by molar-refractivity contribution is -0.0449. The lowest BCUT2D eigenvalue weighted by atomic mass is 10.2. The molecule has 3 rings (SSSR count). The minimum absolute atomic E-state index is 0.0878. The van der Waals surface area contributed by atoms with E-state index in [0.717, 1.165) is 13.1 Å². The van der Waals surface area contributed by atoms with Crippen LogP contribution in [0.15, 0.2) is 29.2 Å². The molecule has 1 aromatic rings. The van der Waals surface area contributed by atoms with Gasteiger partial charge in [0.15, 0.2) is 0 Å². The molecule has 3 N–H and O–H groups in total. The summed E-state index contributed by atoms with van der Waals surface area (Å²) in [7, 11) is -3.53. The normalized spacial score (nSPS) is 26.7. The van der Waals surface area contributed by atoms with Crippen LogP contribution in [0.4, 0.5) is 5.69 Å². The molecule has 0 amide bonds. The van der Waals surface area contributed by atoms with Crippen LogP contribution in [0.25, 0.3) is 0 Å². The molecule has 2 atom stereocenters. The van der Waals surface area contributed by atoms with Gasteiger partial charge in [-0.1, -0.05) is 6.07 Å². The summed E-state index contributed by atoms with van der Waals surface area (Å²) in [6.45, 7) is 2.88. The van der Waals surface area contributed by atoms with Crippen LogP contribution >= 0.6 is 0 Å². The Morgan fingerprint density at radius 1 is 1.43 bits per heavy atom. The Bertz CT molecular complexity index is 605. The molecule has 0 aromatic heterocycles. The first kappa shape index (κ1) is 14.8. The summed E-state index contributed by atoms with van der Waals surface area (Å²) in [6.07, 6.45) is 2.30. The molecule has 7 heteroatoms. The second kappa shape index (κ2) is 5.92. The van der Waals surface area contributed by atoms with Gasteiger partial charge in [-0.2, -0.15) is 0 Å². The molecule has 1 aromatic carbocycles. The number of hydrogen-bond donors (Lipinski definition) is 2. The van der Waals surface area contributed by atoms with Gasteiger partial charge in [-0.3, -0.25) is 4.90 Å². The van der Waals surface area contributed by atoms with Crippen molar-refractivity contribution in [1.29, 1.82) is 0 Å². The average Bonchev–Trinajstić information content (AvgIpc) is 2.93. The maximum Gasteiger partial charge on any atom is 0.240 e. The molecular weight excluding hydrogens is 290 g/mol. The molecule has 0 spiro atoms. The molecule has 2 fully saturated rings. The Morgan fingerprint density at radius 2 is 2.29 bits per heavy atom. The van der Waals surface area contributed by atoms with Gasteiger partial charge in [0.1, 0.15) is 0 Å².